The Morgan fingerprint density at radius 3 is 2.13 bits per heavy atom. The molecule has 1 atom stereocenters. The predicted octanol–water partition coefficient (Wildman–Crippen LogP) is 4.99. The zero-order valence-electron chi connectivity index (χ0n) is 12.8. The van der Waals surface area contributed by atoms with E-state index in [-0.39, 0.29) is 6.04 Å². The second-order valence-electron chi connectivity index (χ2n) is 5.47. The van der Waals surface area contributed by atoms with Crippen LogP contribution in [0.2, 0.25) is 0 Å². The van der Waals surface area contributed by atoms with Crippen LogP contribution in [-0.4, -0.2) is 6.54 Å². The van der Waals surface area contributed by atoms with Gasteiger partial charge in [0, 0.05) is 5.69 Å². The summed E-state index contributed by atoms with van der Waals surface area (Å²) in [4.78, 5) is 0. The van der Waals surface area contributed by atoms with Crippen molar-refractivity contribution < 1.29 is 13.2 Å². The quantitative estimate of drug-likeness (QED) is 0.705. The molecule has 2 aromatic carbocycles. The van der Waals surface area contributed by atoms with Crippen molar-refractivity contribution in [1.29, 1.82) is 0 Å². The Morgan fingerprint density at radius 1 is 0.913 bits per heavy atom. The number of nitrogens with two attached hydrogens (primary N) is 1. The Balaban J connectivity index is 2.10. The highest BCUT2D eigenvalue weighted by Gasteiger charge is 2.30. The summed E-state index contributed by atoms with van der Waals surface area (Å²) >= 11 is 0. The number of halogens is 3. The number of alkyl halides is 3. The molecule has 124 valence electrons. The van der Waals surface area contributed by atoms with E-state index in [1.165, 1.54) is 12.1 Å². The Morgan fingerprint density at radius 2 is 1.57 bits per heavy atom. The first kappa shape index (κ1) is 17.3. The number of nitrogens with one attached hydrogen (secondary N) is 1. The van der Waals surface area contributed by atoms with Crippen molar-refractivity contribution in [3.63, 3.8) is 0 Å². The number of anilines is 1. The Hall–Kier alpha value is -2.01. The van der Waals surface area contributed by atoms with E-state index in [2.05, 4.69) is 5.32 Å². The molecule has 0 saturated heterocycles. The van der Waals surface area contributed by atoms with Gasteiger partial charge in [0.25, 0.3) is 0 Å². The third-order valence-electron chi connectivity index (χ3n) is 3.70. The van der Waals surface area contributed by atoms with Gasteiger partial charge in [0.05, 0.1) is 11.6 Å². The van der Waals surface area contributed by atoms with Gasteiger partial charge >= 0.3 is 6.18 Å². The fourth-order valence-electron chi connectivity index (χ4n) is 2.46. The van der Waals surface area contributed by atoms with Gasteiger partial charge in [-0.05, 0) is 55.6 Å². The van der Waals surface area contributed by atoms with Crippen LogP contribution in [0, 0.1) is 0 Å². The van der Waals surface area contributed by atoms with Crippen LogP contribution in [0.3, 0.4) is 0 Å². The van der Waals surface area contributed by atoms with Crippen LogP contribution in [-0.2, 0) is 6.18 Å². The van der Waals surface area contributed by atoms with E-state index in [1.54, 1.807) is 0 Å². The van der Waals surface area contributed by atoms with E-state index in [9.17, 15) is 13.2 Å². The van der Waals surface area contributed by atoms with Crippen molar-refractivity contribution in [2.75, 3.05) is 11.9 Å². The van der Waals surface area contributed by atoms with Gasteiger partial charge in [-0.25, -0.2) is 0 Å². The second-order valence-corrected chi connectivity index (χ2v) is 5.47. The number of hydrogen-bond donors (Lipinski definition) is 2. The summed E-state index contributed by atoms with van der Waals surface area (Å²) in [5.41, 5.74) is 6.70. The summed E-state index contributed by atoms with van der Waals surface area (Å²) in [7, 11) is 0. The van der Waals surface area contributed by atoms with Gasteiger partial charge in [0.15, 0.2) is 0 Å². The monoisotopic (exact) mass is 322 g/mol. The molecule has 0 bridgehead atoms. The molecular weight excluding hydrogens is 301 g/mol. The van der Waals surface area contributed by atoms with Crippen molar-refractivity contribution in [3.05, 3.63) is 65.7 Å². The Labute approximate surface area is 134 Å². The van der Waals surface area contributed by atoms with Crippen molar-refractivity contribution in [2.24, 2.45) is 5.73 Å². The molecule has 0 fully saturated rings. The molecule has 0 spiro atoms. The molecule has 0 aliphatic heterocycles. The molecule has 2 aromatic rings. The summed E-state index contributed by atoms with van der Waals surface area (Å²) in [5.74, 6) is 0. The van der Waals surface area contributed by atoms with Gasteiger partial charge in [-0.3, -0.25) is 0 Å². The molecule has 0 aliphatic rings. The average molecular weight is 322 g/mol. The molecular formula is C18H21F3N2. The van der Waals surface area contributed by atoms with Gasteiger partial charge in [-0.15, -0.1) is 0 Å². The molecule has 0 aliphatic carbocycles. The molecule has 2 rings (SSSR count). The fraction of sp³-hybridized carbons (Fsp3) is 0.333. The maximum atomic E-state index is 12.6. The van der Waals surface area contributed by atoms with E-state index in [0.29, 0.717) is 12.2 Å². The van der Waals surface area contributed by atoms with Gasteiger partial charge in [-0.2, -0.15) is 13.2 Å². The van der Waals surface area contributed by atoms with Gasteiger partial charge in [0.1, 0.15) is 0 Å². The molecule has 23 heavy (non-hydrogen) atoms. The Bertz CT molecular complexity index is 579. The predicted molar refractivity (Wildman–Crippen MR) is 87.2 cm³/mol. The molecule has 0 saturated carbocycles. The lowest BCUT2D eigenvalue weighted by atomic mass is 10.0. The van der Waals surface area contributed by atoms with E-state index in [0.717, 1.165) is 37.0 Å². The summed E-state index contributed by atoms with van der Waals surface area (Å²) in [6.45, 7) is 0.641. The van der Waals surface area contributed by atoms with Crippen molar-refractivity contribution in [1.82, 2.24) is 0 Å². The molecule has 5 heteroatoms. The highest BCUT2D eigenvalue weighted by molar-refractivity contribution is 5.47. The first-order chi connectivity index (χ1) is 11.0. The molecule has 2 nitrogen and oxygen atoms in total. The van der Waals surface area contributed by atoms with Gasteiger partial charge < -0.3 is 11.1 Å². The molecule has 3 N–H and O–H groups in total. The maximum Gasteiger partial charge on any atom is 0.416 e. The number of unbranched alkanes of at least 4 members (excludes halogenated alkanes) is 1. The highest BCUT2D eigenvalue weighted by atomic mass is 19.4. The largest absolute Gasteiger partial charge is 0.416 e. The summed E-state index contributed by atoms with van der Waals surface area (Å²) in [5, 5.41) is 3.32. The maximum absolute atomic E-state index is 12.6. The molecule has 0 amide bonds. The number of hydrogen-bond acceptors (Lipinski definition) is 2. The molecule has 0 heterocycles. The first-order valence-corrected chi connectivity index (χ1v) is 7.69. The van der Waals surface area contributed by atoms with Crippen LogP contribution in [0.15, 0.2) is 54.6 Å². The Kier molecular flexibility index (Phi) is 6.04. The SMILES string of the molecule is NCCCCC(Nc1ccc(C(F)(F)F)cc1)c1ccccc1. The van der Waals surface area contributed by atoms with E-state index in [4.69, 9.17) is 5.73 Å². The highest BCUT2D eigenvalue weighted by Crippen LogP contribution is 2.31. The molecule has 0 radical (unpaired) electrons. The van der Waals surface area contributed by atoms with Crippen molar-refractivity contribution in [2.45, 2.75) is 31.5 Å². The second kappa shape index (κ2) is 8.02. The minimum atomic E-state index is -4.31. The van der Waals surface area contributed by atoms with E-state index < -0.39 is 11.7 Å². The van der Waals surface area contributed by atoms with Crippen LogP contribution in [0.25, 0.3) is 0 Å². The van der Waals surface area contributed by atoms with Crippen molar-refractivity contribution >= 4 is 5.69 Å². The lowest BCUT2D eigenvalue weighted by Crippen LogP contribution is -2.12. The van der Waals surface area contributed by atoms with Gasteiger partial charge in [0.2, 0.25) is 0 Å². The fourth-order valence-corrected chi connectivity index (χ4v) is 2.46. The summed E-state index contributed by atoms with van der Waals surface area (Å²) in [6.07, 6.45) is -1.54. The lowest BCUT2D eigenvalue weighted by Gasteiger charge is -2.21. The minimum Gasteiger partial charge on any atom is -0.378 e. The van der Waals surface area contributed by atoms with Crippen LogP contribution in [0.1, 0.15) is 36.4 Å². The minimum absolute atomic E-state index is 0.0551. The zero-order valence-corrected chi connectivity index (χ0v) is 12.8. The topological polar surface area (TPSA) is 38.0 Å². The number of rotatable bonds is 7. The van der Waals surface area contributed by atoms with Crippen LogP contribution >= 0.6 is 0 Å². The third kappa shape index (κ3) is 5.28. The molecule has 1 unspecified atom stereocenters. The van der Waals surface area contributed by atoms with Gasteiger partial charge in [-0.1, -0.05) is 30.3 Å². The normalized spacial score (nSPS) is 12.9. The van der Waals surface area contributed by atoms with Crippen molar-refractivity contribution in [3.8, 4) is 0 Å². The summed E-state index contributed by atoms with van der Waals surface area (Å²) < 4.78 is 37.9. The van der Waals surface area contributed by atoms with Crippen LogP contribution in [0.4, 0.5) is 18.9 Å². The standard InChI is InChI=1S/C18H21F3N2/c19-18(20,21)15-9-11-16(12-10-15)23-17(8-4-5-13-22)14-6-2-1-3-7-14/h1-3,6-7,9-12,17,23H,4-5,8,13,22H2. The zero-order chi connectivity index (χ0) is 16.7. The number of benzene rings is 2. The first-order valence-electron chi connectivity index (χ1n) is 7.69. The summed E-state index contributed by atoms with van der Waals surface area (Å²) in [6, 6.07) is 15.1. The van der Waals surface area contributed by atoms with Crippen LogP contribution < -0.4 is 11.1 Å². The van der Waals surface area contributed by atoms with E-state index in [1.807, 2.05) is 30.3 Å². The third-order valence-corrected chi connectivity index (χ3v) is 3.70. The average Bonchev–Trinajstić information content (AvgIpc) is 2.54. The smallest absolute Gasteiger partial charge is 0.378 e. The molecule has 0 aromatic heterocycles. The van der Waals surface area contributed by atoms with Crippen LogP contribution in [0.5, 0.6) is 0 Å². The lowest BCUT2D eigenvalue weighted by molar-refractivity contribution is -0.137. The van der Waals surface area contributed by atoms with E-state index >= 15 is 0 Å².